The van der Waals surface area contributed by atoms with Crippen molar-refractivity contribution in [2.75, 3.05) is 0 Å². The maximum Gasteiger partial charge on any atom is 0.406 e. The second kappa shape index (κ2) is 4.50. The van der Waals surface area contributed by atoms with Gasteiger partial charge in [0.1, 0.15) is 6.54 Å². The van der Waals surface area contributed by atoms with Crippen LogP contribution in [0.5, 0.6) is 0 Å². The van der Waals surface area contributed by atoms with E-state index in [2.05, 4.69) is 18.8 Å². The standard InChI is InChI=1S/C15H17F3N2/c1-9(2)11-6-12(11)10-3-4-14-13(5-10)19-8-20(14)7-15(16,17)18/h3-5,8-9,11-12H,6-7H2,1-2H3/t11-,12-/m1/s1. The normalized spacial score (nSPS) is 22.7. The van der Waals surface area contributed by atoms with Gasteiger partial charge in [-0.25, -0.2) is 4.98 Å². The number of imidazole rings is 1. The number of hydrogen-bond donors (Lipinski definition) is 0. The molecule has 5 heteroatoms. The van der Waals surface area contributed by atoms with Gasteiger partial charge in [0, 0.05) is 0 Å². The van der Waals surface area contributed by atoms with Gasteiger partial charge in [0.05, 0.1) is 17.4 Å². The van der Waals surface area contributed by atoms with E-state index in [4.69, 9.17) is 0 Å². The van der Waals surface area contributed by atoms with E-state index >= 15 is 0 Å². The number of halogens is 3. The molecular formula is C15H17F3N2. The highest BCUT2D eigenvalue weighted by Crippen LogP contribution is 2.51. The first-order valence-electron chi connectivity index (χ1n) is 6.86. The molecule has 1 saturated carbocycles. The molecule has 3 rings (SSSR count). The smallest absolute Gasteiger partial charge is 0.321 e. The Morgan fingerprint density at radius 1 is 1.35 bits per heavy atom. The third-order valence-corrected chi connectivity index (χ3v) is 4.12. The van der Waals surface area contributed by atoms with Crippen LogP contribution in [-0.2, 0) is 6.54 Å². The summed E-state index contributed by atoms with van der Waals surface area (Å²) in [4.78, 5) is 4.11. The topological polar surface area (TPSA) is 17.8 Å². The van der Waals surface area contributed by atoms with Crippen LogP contribution in [0.2, 0.25) is 0 Å². The molecule has 2 nitrogen and oxygen atoms in total. The zero-order valence-corrected chi connectivity index (χ0v) is 11.5. The fraction of sp³-hybridized carbons (Fsp3) is 0.533. The van der Waals surface area contributed by atoms with Gasteiger partial charge >= 0.3 is 6.18 Å². The monoisotopic (exact) mass is 282 g/mol. The minimum absolute atomic E-state index is 0.548. The number of benzene rings is 1. The van der Waals surface area contributed by atoms with Crippen molar-refractivity contribution in [3.63, 3.8) is 0 Å². The number of nitrogens with zero attached hydrogens (tertiary/aromatic N) is 2. The number of aromatic nitrogens is 2. The van der Waals surface area contributed by atoms with Crippen molar-refractivity contribution in [1.29, 1.82) is 0 Å². The molecule has 1 aromatic heterocycles. The lowest BCUT2D eigenvalue weighted by Gasteiger charge is -2.08. The van der Waals surface area contributed by atoms with Crippen molar-refractivity contribution >= 4 is 11.0 Å². The number of rotatable bonds is 3. The molecule has 0 saturated heterocycles. The Labute approximate surface area is 115 Å². The quantitative estimate of drug-likeness (QED) is 0.818. The lowest BCUT2D eigenvalue weighted by molar-refractivity contribution is -0.139. The fourth-order valence-electron chi connectivity index (χ4n) is 2.97. The van der Waals surface area contributed by atoms with E-state index in [1.54, 1.807) is 6.07 Å². The first-order chi connectivity index (χ1) is 9.35. The van der Waals surface area contributed by atoms with E-state index in [0.717, 1.165) is 4.57 Å². The van der Waals surface area contributed by atoms with Crippen LogP contribution in [0, 0.1) is 11.8 Å². The summed E-state index contributed by atoms with van der Waals surface area (Å²) in [5.74, 6) is 1.90. The van der Waals surface area contributed by atoms with Gasteiger partial charge in [-0.3, -0.25) is 0 Å². The Morgan fingerprint density at radius 3 is 2.70 bits per heavy atom. The van der Waals surface area contributed by atoms with E-state index in [-0.39, 0.29) is 0 Å². The van der Waals surface area contributed by atoms with Gasteiger partial charge in [0.2, 0.25) is 0 Å². The minimum Gasteiger partial charge on any atom is -0.321 e. The summed E-state index contributed by atoms with van der Waals surface area (Å²) in [5.41, 5.74) is 2.41. The highest BCUT2D eigenvalue weighted by Gasteiger charge is 2.40. The van der Waals surface area contributed by atoms with Crippen LogP contribution in [0.15, 0.2) is 24.5 Å². The molecule has 0 bridgehead atoms. The summed E-state index contributed by atoms with van der Waals surface area (Å²) < 4.78 is 38.5. The number of alkyl halides is 3. The molecule has 0 N–H and O–H groups in total. The van der Waals surface area contributed by atoms with Crippen molar-refractivity contribution in [3.05, 3.63) is 30.1 Å². The predicted molar refractivity (Wildman–Crippen MR) is 71.5 cm³/mol. The third kappa shape index (κ3) is 2.53. The van der Waals surface area contributed by atoms with Crippen LogP contribution in [0.4, 0.5) is 13.2 Å². The van der Waals surface area contributed by atoms with Gasteiger partial charge in [-0.2, -0.15) is 13.2 Å². The molecule has 2 atom stereocenters. The molecule has 1 fully saturated rings. The van der Waals surface area contributed by atoms with Gasteiger partial charge in [-0.05, 0) is 41.9 Å². The van der Waals surface area contributed by atoms with Gasteiger partial charge in [0.25, 0.3) is 0 Å². The predicted octanol–water partition coefficient (Wildman–Crippen LogP) is 4.36. The maximum atomic E-state index is 12.5. The van der Waals surface area contributed by atoms with Crippen molar-refractivity contribution < 1.29 is 13.2 Å². The molecule has 108 valence electrons. The van der Waals surface area contributed by atoms with Gasteiger partial charge in [-0.1, -0.05) is 19.9 Å². The average Bonchev–Trinajstić information content (AvgIpc) is 3.06. The largest absolute Gasteiger partial charge is 0.406 e. The zero-order valence-electron chi connectivity index (χ0n) is 11.5. The van der Waals surface area contributed by atoms with Gasteiger partial charge in [-0.15, -0.1) is 0 Å². The molecule has 1 heterocycles. The molecule has 1 aromatic carbocycles. The van der Waals surface area contributed by atoms with E-state index in [9.17, 15) is 13.2 Å². The van der Waals surface area contributed by atoms with Crippen molar-refractivity contribution in [2.24, 2.45) is 11.8 Å². The lowest BCUT2D eigenvalue weighted by atomic mass is 10.0. The van der Waals surface area contributed by atoms with Crippen LogP contribution in [0.3, 0.4) is 0 Å². The SMILES string of the molecule is CC(C)[C@H]1C[C@@H]1c1ccc2c(c1)ncn2CC(F)(F)F. The molecule has 0 aliphatic heterocycles. The summed E-state index contributed by atoms with van der Waals surface area (Å²) in [7, 11) is 0. The van der Waals surface area contributed by atoms with Gasteiger partial charge in [0.15, 0.2) is 0 Å². The summed E-state index contributed by atoms with van der Waals surface area (Å²) in [6.45, 7) is 3.43. The Hall–Kier alpha value is -1.52. The van der Waals surface area contributed by atoms with E-state index < -0.39 is 12.7 Å². The third-order valence-electron chi connectivity index (χ3n) is 4.12. The molecule has 0 unspecified atom stereocenters. The molecule has 0 amide bonds. The first-order valence-corrected chi connectivity index (χ1v) is 6.86. The zero-order chi connectivity index (χ0) is 14.5. The number of fused-ring (bicyclic) bond motifs is 1. The molecule has 1 aliphatic rings. The average molecular weight is 282 g/mol. The van der Waals surface area contributed by atoms with E-state index in [1.165, 1.54) is 18.3 Å². The molecular weight excluding hydrogens is 265 g/mol. The van der Waals surface area contributed by atoms with Gasteiger partial charge < -0.3 is 4.57 Å². The van der Waals surface area contributed by atoms with Crippen LogP contribution >= 0.6 is 0 Å². The first kappa shape index (κ1) is 13.5. The van der Waals surface area contributed by atoms with E-state index in [0.29, 0.717) is 28.8 Å². The number of hydrogen-bond acceptors (Lipinski definition) is 1. The highest BCUT2D eigenvalue weighted by atomic mass is 19.4. The van der Waals surface area contributed by atoms with Crippen molar-refractivity contribution in [2.45, 2.75) is 38.9 Å². The Balaban J connectivity index is 1.87. The highest BCUT2D eigenvalue weighted by molar-refractivity contribution is 5.76. The minimum atomic E-state index is -4.22. The fourth-order valence-corrected chi connectivity index (χ4v) is 2.97. The summed E-state index contributed by atoms with van der Waals surface area (Å²) in [5, 5.41) is 0. The van der Waals surface area contributed by atoms with Crippen LogP contribution < -0.4 is 0 Å². The summed E-state index contributed by atoms with van der Waals surface area (Å²) in [6.07, 6.45) is -1.77. The molecule has 1 aliphatic carbocycles. The second-order valence-corrected chi connectivity index (χ2v) is 5.99. The van der Waals surface area contributed by atoms with E-state index in [1.807, 2.05) is 12.1 Å². The molecule has 0 radical (unpaired) electrons. The van der Waals surface area contributed by atoms with Crippen molar-refractivity contribution in [3.8, 4) is 0 Å². The molecule has 20 heavy (non-hydrogen) atoms. The summed E-state index contributed by atoms with van der Waals surface area (Å²) in [6, 6.07) is 5.65. The Morgan fingerprint density at radius 2 is 2.10 bits per heavy atom. The van der Waals surface area contributed by atoms with Crippen molar-refractivity contribution in [1.82, 2.24) is 9.55 Å². The van der Waals surface area contributed by atoms with Crippen LogP contribution in [0.1, 0.15) is 31.7 Å². The Kier molecular flexibility index (Phi) is 3.03. The maximum absolute atomic E-state index is 12.5. The Bertz CT molecular complexity index is 628. The van der Waals surface area contributed by atoms with Crippen LogP contribution in [-0.4, -0.2) is 15.7 Å². The second-order valence-electron chi connectivity index (χ2n) is 5.99. The summed E-state index contributed by atoms with van der Waals surface area (Å²) >= 11 is 0. The molecule has 2 aromatic rings. The molecule has 0 spiro atoms. The lowest BCUT2D eigenvalue weighted by Crippen LogP contribution is -2.16. The van der Waals surface area contributed by atoms with Crippen LogP contribution in [0.25, 0.3) is 11.0 Å².